The third-order valence-electron chi connectivity index (χ3n) is 5.29. The van der Waals surface area contributed by atoms with E-state index in [1.807, 2.05) is 48.7 Å². The number of amides is 2. The molecule has 144 valence electrons. The van der Waals surface area contributed by atoms with Crippen LogP contribution in [0.2, 0.25) is 5.02 Å². The van der Waals surface area contributed by atoms with Crippen LogP contribution in [0.25, 0.3) is 10.9 Å². The maximum atomic E-state index is 12.5. The summed E-state index contributed by atoms with van der Waals surface area (Å²) in [6, 6.07) is 15.8. The Morgan fingerprint density at radius 3 is 2.71 bits per heavy atom. The molecule has 28 heavy (non-hydrogen) atoms. The second-order valence-corrected chi connectivity index (χ2v) is 7.49. The molecule has 1 aliphatic heterocycles. The van der Waals surface area contributed by atoms with Crippen LogP contribution in [-0.4, -0.2) is 41.3 Å². The molecule has 1 saturated heterocycles. The summed E-state index contributed by atoms with van der Waals surface area (Å²) in [6.45, 7) is 1.18. The number of carbonyl (C=O) groups excluding carboxylic acids is 2. The predicted octanol–water partition coefficient (Wildman–Crippen LogP) is 3.69. The van der Waals surface area contributed by atoms with E-state index in [0.29, 0.717) is 24.5 Å². The normalized spacial score (nSPS) is 15.2. The molecule has 6 heteroatoms. The number of nitrogens with zero attached hydrogens (tertiary/aromatic N) is 1. The van der Waals surface area contributed by atoms with Crippen LogP contribution in [0.3, 0.4) is 0 Å². The molecule has 3 aromatic rings. The van der Waals surface area contributed by atoms with Gasteiger partial charge in [0.1, 0.15) is 0 Å². The first-order chi connectivity index (χ1) is 13.6. The SMILES string of the molecule is O=C(CN1CCCC1=O)NCC(c1ccccc1Cl)c1c[nH]c2ccccc12. The summed E-state index contributed by atoms with van der Waals surface area (Å²) < 4.78 is 0. The van der Waals surface area contributed by atoms with Crippen molar-refractivity contribution in [2.24, 2.45) is 0 Å². The zero-order valence-electron chi connectivity index (χ0n) is 15.5. The number of aromatic nitrogens is 1. The monoisotopic (exact) mass is 395 g/mol. The molecule has 1 atom stereocenters. The van der Waals surface area contributed by atoms with Crippen LogP contribution in [0.1, 0.15) is 29.9 Å². The van der Waals surface area contributed by atoms with Crippen LogP contribution in [0.4, 0.5) is 0 Å². The number of benzene rings is 2. The van der Waals surface area contributed by atoms with Crippen LogP contribution >= 0.6 is 11.6 Å². The van der Waals surface area contributed by atoms with Crippen molar-refractivity contribution in [3.05, 3.63) is 70.9 Å². The van der Waals surface area contributed by atoms with Gasteiger partial charge in [-0.15, -0.1) is 0 Å². The largest absolute Gasteiger partial charge is 0.361 e. The van der Waals surface area contributed by atoms with Gasteiger partial charge < -0.3 is 15.2 Å². The van der Waals surface area contributed by atoms with Gasteiger partial charge in [-0.3, -0.25) is 9.59 Å². The highest BCUT2D eigenvalue weighted by atomic mass is 35.5. The van der Waals surface area contributed by atoms with Crippen LogP contribution in [0, 0.1) is 0 Å². The molecule has 4 rings (SSSR count). The van der Waals surface area contributed by atoms with Crippen molar-refractivity contribution in [3.8, 4) is 0 Å². The number of likely N-dealkylation sites (tertiary alicyclic amines) is 1. The van der Waals surface area contributed by atoms with Gasteiger partial charge in [-0.25, -0.2) is 0 Å². The molecule has 2 N–H and O–H groups in total. The lowest BCUT2D eigenvalue weighted by Gasteiger charge is -2.21. The number of hydrogen-bond donors (Lipinski definition) is 2. The molecule has 0 aliphatic carbocycles. The summed E-state index contributed by atoms with van der Waals surface area (Å²) in [5.74, 6) is -0.190. The van der Waals surface area contributed by atoms with Crippen LogP contribution in [0.5, 0.6) is 0 Å². The number of H-pyrrole nitrogens is 1. The third kappa shape index (κ3) is 3.76. The maximum absolute atomic E-state index is 12.5. The molecule has 0 bridgehead atoms. The quantitative estimate of drug-likeness (QED) is 0.668. The number of halogens is 1. The van der Waals surface area contributed by atoms with E-state index < -0.39 is 0 Å². The van der Waals surface area contributed by atoms with Crippen molar-refractivity contribution in [3.63, 3.8) is 0 Å². The van der Waals surface area contributed by atoms with Crippen LogP contribution in [-0.2, 0) is 9.59 Å². The Bertz CT molecular complexity index is 1010. The van der Waals surface area contributed by atoms with Gasteiger partial charge in [0, 0.05) is 47.6 Å². The smallest absolute Gasteiger partial charge is 0.239 e. The number of nitrogens with one attached hydrogen (secondary N) is 2. The topological polar surface area (TPSA) is 65.2 Å². The lowest BCUT2D eigenvalue weighted by molar-refractivity contribution is -0.133. The highest BCUT2D eigenvalue weighted by molar-refractivity contribution is 6.31. The van der Waals surface area contributed by atoms with E-state index in [0.717, 1.165) is 28.5 Å². The van der Waals surface area contributed by atoms with E-state index in [9.17, 15) is 9.59 Å². The Morgan fingerprint density at radius 1 is 1.14 bits per heavy atom. The molecular weight excluding hydrogens is 374 g/mol. The van der Waals surface area contributed by atoms with E-state index in [1.165, 1.54) is 0 Å². The second-order valence-electron chi connectivity index (χ2n) is 7.09. The summed E-state index contributed by atoms with van der Waals surface area (Å²) in [6.07, 6.45) is 3.34. The van der Waals surface area contributed by atoms with Crippen molar-refractivity contribution in [1.82, 2.24) is 15.2 Å². The van der Waals surface area contributed by atoms with Crippen molar-refractivity contribution >= 4 is 34.3 Å². The number of para-hydroxylation sites is 1. The average Bonchev–Trinajstić information content (AvgIpc) is 3.30. The molecule has 0 saturated carbocycles. The standard InChI is InChI=1S/C22H22ClN3O2/c23-19-8-3-1-6-15(19)17(18-12-24-20-9-4-2-7-16(18)20)13-25-21(27)14-26-11-5-10-22(26)28/h1-4,6-9,12,17,24H,5,10-11,13-14H2,(H,25,27). The first kappa shape index (κ1) is 18.6. The van der Waals surface area contributed by atoms with Gasteiger partial charge in [0.2, 0.25) is 11.8 Å². The number of hydrogen-bond acceptors (Lipinski definition) is 2. The number of aromatic amines is 1. The van der Waals surface area contributed by atoms with Crippen molar-refractivity contribution in [2.75, 3.05) is 19.6 Å². The fraction of sp³-hybridized carbons (Fsp3) is 0.273. The molecule has 0 radical (unpaired) electrons. The van der Waals surface area contributed by atoms with E-state index in [1.54, 1.807) is 4.90 Å². The Hall–Kier alpha value is -2.79. The molecule has 2 amide bonds. The second kappa shape index (κ2) is 8.07. The highest BCUT2D eigenvalue weighted by Gasteiger charge is 2.24. The first-order valence-electron chi connectivity index (χ1n) is 9.48. The van der Waals surface area contributed by atoms with E-state index >= 15 is 0 Å². The molecule has 1 unspecified atom stereocenters. The molecule has 0 spiro atoms. The molecule has 1 fully saturated rings. The number of rotatable bonds is 6. The Morgan fingerprint density at radius 2 is 1.93 bits per heavy atom. The summed E-state index contributed by atoms with van der Waals surface area (Å²) in [5.41, 5.74) is 3.09. The Labute approximate surface area is 168 Å². The van der Waals surface area contributed by atoms with Gasteiger partial charge in [-0.2, -0.15) is 0 Å². The van der Waals surface area contributed by atoms with Crippen molar-refractivity contribution < 1.29 is 9.59 Å². The highest BCUT2D eigenvalue weighted by Crippen LogP contribution is 2.34. The molecule has 1 aliphatic rings. The lowest BCUT2D eigenvalue weighted by Crippen LogP contribution is -2.39. The minimum absolute atomic E-state index is 0.0504. The third-order valence-corrected chi connectivity index (χ3v) is 5.63. The van der Waals surface area contributed by atoms with Gasteiger partial charge >= 0.3 is 0 Å². The van der Waals surface area contributed by atoms with Gasteiger partial charge in [-0.05, 0) is 29.7 Å². The summed E-state index contributed by atoms with van der Waals surface area (Å²) in [4.78, 5) is 29.1. The molecule has 2 heterocycles. The zero-order chi connectivity index (χ0) is 19.5. The first-order valence-corrected chi connectivity index (χ1v) is 9.86. The fourth-order valence-corrected chi connectivity index (χ4v) is 4.11. The van der Waals surface area contributed by atoms with Gasteiger partial charge in [0.15, 0.2) is 0 Å². The van der Waals surface area contributed by atoms with Crippen LogP contribution < -0.4 is 5.32 Å². The van der Waals surface area contributed by atoms with E-state index in [4.69, 9.17) is 11.6 Å². The molecule has 1 aromatic heterocycles. The Balaban J connectivity index is 1.58. The minimum atomic E-state index is -0.146. The fourth-order valence-electron chi connectivity index (χ4n) is 3.84. The van der Waals surface area contributed by atoms with Crippen molar-refractivity contribution in [1.29, 1.82) is 0 Å². The average molecular weight is 396 g/mol. The number of fused-ring (bicyclic) bond motifs is 1. The van der Waals surface area contributed by atoms with Gasteiger partial charge in [-0.1, -0.05) is 48.0 Å². The zero-order valence-corrected chi connectivity index (χ0v) is 16.2. The van der Waals surface area contributed by atoms with E-state index in [-0.39, 0.29) is 24.3 Å². The molecule has 5 nitrogen and oxygen atoms in total. The van der Waals surface area contributed by atoms with Crippen LogP contribution in [0.15, 0.2) is 54.7 Å². The minimum Gasteiger partial charge on any atom is -0.361 e. The summed E-state index contributed by atoms with van der Waals surface area (Å²) in [5, 5.41) is 4.78. The molecular formula is C22H22ClN3O2. The summed E-state index contributed by atoms with van der Waals surface area (Å²) >= 11 is 6.48. The van der Waals surface area contributed by atoms with Gasteiger partial charge in [0.25, 0.3) is 0 Å². The Kier molecular flexibility index (Phi) is 5.35. The van der Waals surface area contributed by atoms with Gasteiger partial charge in [0.05, 0.1) is 6.54 Å². The summed E-state index contributed by atoms with van der Waals surface area (Å²) in [7, 11) is 0. The maximum Gasteiger partial charge on any atom is 0.239 e. The number of carbonyl (C=O) groups is 2. The van der Waals surface area contributed by atoms with E-state index in [2.05, 4.69) is 16.4 Å². The van der Waals surface area contributed by atoms with Crippen molar-refractivity contribution in [2.45, 2.75) is 18.8 Å². The molecule has 2 aromatic carbocycles. The lowest BCUT2D eigenvalue weighted by atomic mass is 9.90. The predicted molar refractivity (Wildman–Crippen MR) is 110 cm³/mol.